The van der Waals surface area contributed by atoms with Crippen molar-refractivity contribution in [3.63, 3.8) is 0 Å². The maximum absolute atomic E-state index is 13.3. The van der Waals surface area contributed by atoms with Crippen LogP contribution in [0.2, 0.25) is 0 Å². The topological polar surface area (TPSA) is 65.1 Å². The van der Waals surface area contributed by atoms with Gasteiger partial charge in [-0.3, -0.25) is 14.5 Å². The molecule has 0 spiro atoms. The number of rotatable bonds is 5. The highest BCUT2D eigenvalue weighted by molar-refractivity contribution is 5.83. The zero-order valence-corrected chi connectivity index (χ0v) is 16.2. The van der Waals surface area contributed by atoms with E-state index in [1.54, 1.807) is 7.11 Å². The van der Waals surface area contributed by atoms with Crippen LogP contribution in [0.4, 0.5) is 0 Å². The first kappa shape index (κ1) is 19.6. The maximum Gasteiger partial charge on any atom is 0.236 e. The van der Waals surface area contributed by atoms with Gasteiger partial charge in [-0.25, -0.2) is 0 Å². The molecule has 0 aromatic carbocycles. The van der Waals surface area contributed by atoms with Gasteiger partial charge in [0, 0.05) is 46.4 Å². The summed E-state index contributed by atoms with van der Waals surface area (Å²) in [6, 6.07) is 0. The van der Waals surface area contributed by atoms with Crippen molar-refractivity contribution in [1.29, 1.82) is 0 Å². The Morgan fingerprint density at radius 2 is 1.62 bits per heavy atom. The lowest BCUT2D eigenvalue weighted by atomic mass is 9.78. The third kappa shape index (κ3) is 4.56. The van der Waals surface area contributed by atoms with E-state index in [0.717, 1.165) is 77.9 Å². The van der Waals surface area contributed by atoms with Gasteiger partial charge in [-0.15, -0.1) is 0 Å². The minimum atomic E-state index is -0.374. The molecular formula is C19H34N4O3. The number of carbonyl (C=O) groups is 2. The molecule has 2 amide bonds. The van der Waals surface area contributed by atoms with E-state index in [1.807, 2.05) is 9.80 Å². The van der Waals surface area contributed by atoms with Gasteiger partial charge in [-0.05, 0) is 45.2 Å². The van der Waals surface area contributed by atoms with Crippen molar-refractivity contribution in [1.82, 2.24) is 20.0 Å². The number of hydrogen-bond acceptors (Lipinski definition) is 5. The summed E-state index contributed by atoms with van der Waals surface area (Å²) in [5.41, 5.74) is -0.374. The predicted molar refractivity (Wildman–Crippen MR) is 99.9 cm³/mol. The lowest BCUT2D eigenvalue weighted by molar-refractivity contribution is -0.147. The molecule has 7 nitrogen and oxygen atoms in total. The number of nitrogens with zero attached hydrogens (tertiary/aromatic N) is 3. The van der Waals surface area contributed by atoms with Crippen LogP contribution in [0.3, 0.4) is 0 Å². The summed E-state index contributed by atoms with van der Waals surface area (Å²) >= 11 is 0. The van der Waals surface area contributed by atoms with Crippen LogP contribution in [0.5, 0.6) is 0 Å². The minimum absolute atomic E-state index is 0.244. The van der Waals surface area contributed by atoms with E-state index >= 15 is 0 Å². The number of likely N-dealkylation sites (tertiary alicyclic amines) is 1. The fourth-order valence-corrected chi connectivity index (χ4v) is 4.53. The number of piperidine rings is 1. The Bertz CT molecular complexity index is 482. The first-order valence-electron chi connectivity index (χ1n) is 10.1. The predicted octanol–water partition coefficient (Wildman–Crippen LogP) is 0.159. The van der Waals surface area contributed by atoms with Crippen molar-refractivity contribution in [3.8, 4) is 0 Å². The summed E-state index contributed by atoms with van der Waals surface area (Å²) in [5.74, 6) is 0.491. The molecule has 3 aliphatic heterocycles. The lowest BCUT2D eigenvalue weighted by Crippen LogP contribution is -2.52. The highest BCUT2D eigenvalue weighted by atomic mass is 16.5. The molecule has 0 atom stereocenters. The van der Waals surface area contributed by atoms with Gasteiger partial charge in [-0.2, -0.15) is 0 Å². The van der Waals surface area contributed by atoms with Gasteiger partial charge in [0.05, 0.1) is 18.6 Å². The number of amides is 2. The fourth-order valence-electron chi connectivity index (χ4n) is 4.53. The van der Waals surface area contributed by atoms with Crippen molar-refractivity contribution in [2.75, 3.05) is 72.6 Å². The maximum atomic E-state index is 13.3. The van der Waals surface area contributed by atoms with Crippen molar-refractivity contribution < 1.29 is 14.3 Å². The van der Waals surface area contributed by atoms with Gasteiger partial charge in [0.1, 0.15) is 0 Å². The van der Waals surface area contributed by atoms with Gasteiger partial charge in [0.15, 0.2) is 0 Å². The average molecular weight is 367 g/mol. The first-order chi connectivity index (χ1) is 12.6. The minimum Gasteiger partial charge on any atom is -0.384 e. The Kier molecular flexibility index (Phi) is 6.89. The van der Waals surface area contributed by atoms with Gasteiger partial charge < -0.3 is 19.9 Å². The van der Waals surface area contributed by atoms with E-state index in [9.17, 15) is 9.59 Å². The lowest BCUT2D eigenvalue weighted by Gasteiger charge is -2.39. The molecule has 7 heteroatoms. The van der Waals surface area contributed by atoms with E-state index < -0.39 is 0 Å². The van der Waals surface area contributed by atoms with Crippen molar-refractivity contribution >= 4 is 11.8 Å². The highest BCUT2D eigenvalue weighted by Crippen LogP contribution is 2.32. The van der Waals surface area contributed by atoms with Gasteiger partial charge in [0.25, 0.3) is 0 Å². The summed E-state index contributed by atoms with van der Waals surface area (Å²) in [4.78, 5) is 31.9. The van der Waals surface area contributed by atoms with E-state index in [2.05, 4.69) is 10.2 Å². The van der Waals surface area contributed by atoms with Crippen LogP contribution in [0, 0.1) is 5.41 Å². The third-order valence-corrected chi connectivity index (χ3v) is 6.13. The monoisotopic (exact) mass is 366 g/mol. The molecule has 0 unspecified atom stereocenters. The van der Waals surface area contributed by atoms with E-state index in [4.69, 9.17) is 4.74 Å². The summed E-state index contributed by atoms with van der Waals surface area (Å²) in [5, 5.41) is 3.35. The number of hydrogen-bond donors (Lipinski definition) is 1. The average Bonchev–Trinajstić information content (AvgIpc) is 3.10. The largest absolute Gasteiger partial charge is 0.384 e. The second-order valence-corrected chi connectivity index (χ2v) is 7.97. The number of carbonyl (C=O) groups excluding carboxylic acids is 2. The molecule has 3 fully saturated rings. The molecular weight excluding hydrogens is 332 g/mol. The molecule has 0 aromatic heterocycles. The first-order valence-corrected chi connectivity index (χ1v) is 10.1. The Morgan fingerprint density at radius 3 is 2.31 bits per heavy atom. The highest BCUT2D eigenvalue weighted by Gasteiger charge is 2.42. The van der Waals surface area contributed by atoms with E-state index in [-0.39, 0.29) is 17.2 Å². The van der Waals surface area contributed by atoms with E-state index in [0.29, 0.717) is 19.7 Å². The Balaban J connectivity index is 1.55. The molecule has 0 aliphatic carbocycles. The van der Waals surface area contributed by atoms with Crippen LogP contribution in [-0.2, 0) is 14.3 Å². The second-order valence-electron chi connectivity index (χ2n) is 7.97. The fraction of sp³-hybridized carbons (Fsp3) is 0.895. The molecule has 3 saturated heterocycles. The normalized spacial score (nSPS) is 24.5. The Hall–Kier alpha value is -1.18. The summed E-state index contributed by atoms with van der Waals surface area (Å²) in [7, 11) is 1.69. The van der Waals surface area contributed by atoms with Crippen LogP contribution >= 0.6 is 0 Å². The molecule has 3 aliphatic rings. The quantitative estimate of drug-likeness (QED) is 0.751. The summed E-state index contributed by atoms with van der Waals surface area (Å²) < 4.78 is 5.42. The molecule has 3 rings (SSSR count). The van der Waals surface area contributed by atoms with Crippen LogP contribution < -0.4 is 5.32 Å². The second kappa shape index (κ2) is 9.15. The number of nitrogens with one attached hydrogen (secondary N) is 1. The van der Waals surface area contributed by atoms with Gasteiger partial charge in [0.2, 0.25) is 11.8 Å². The number of methoxy groups -OCH3 is 1. The van der Waals surface area contributed by atoms with Crippen molar-refractivity contribution in [3.05, 3.63) is 0 Å². The van der Waals surface area contributed by atoms with Crippen LogP contribution in [0.15, 0.2) is 0 Å². The third-order valence-electron chi connectivity index (χ3n) is 6.13. The molecule has 3 heterocycles. The van der Waals surface area contributed by atoms with Crippen LogP contribution in [-0.4, -0.2) is 99.1 Å². The van der Waals surface area contributed by atoms with Crippen molar-refractivity contribution in [2.45, 2.75) is 32.1 Å². The summed E-state index contributed by atoms with van der Waals surface area (Å²) in [6.07, 6.45) is 4.87. The Labute approximate surface area is 157 Å². The van der Waals surface area contributed by atoms with Gasteiger partial charge >= 0.3 is 0 Å². The van der Waals surface area contributed by atoms with E-state index in [1.165, 1.54) is 0 Å². The molecule has 0 saturated carbocycles. The summed E-state index contributed by atoms with van der Waals surface area (Å²) in [6.45, 7) is 7.73. The Morgan fingerprint density at radius 1 is 0.923 bits per heavy atom. The SMILES string of the molecule is COCC1(C(=O)N2CCCN(CC(=O)N3CCCC3)CC2)CCNCC1. The molecule has 26 heavy (non-hydrogen) atoms. The van der Waals surface area contributed by atoms with Crippen LogP contribution in [0.1, 0.15) is 32.1 Å². The zero-order valence-electron chi connectivity index (χ0n) is 16.2. The molecule has 148 valence electrons. The smallest absolute Gasteiger partial charge is 0.236 e. The molecule has 0 bridgehead atoms. The van der Waals surface area contributed by atoms with Crippen molar-refractivity contribution in [2.24, 2.45) is 5.41 Å². The zero-order chi connectivity index (χ0) is 18.4. The van der Waals surface area contributed by atoms with Gasteiger partial charge in [-0.1, -0.05) is 0 Å². The number of ether oxygens (including phenoxy) is 1. The standard InChI is InChI=1S/C19H34N4O3/c1-26-16-19(5-7-20-8-6-19)18(25)23-12-4-9-21(13-14-23)15-17(24)22-10-2-3-11-22/h20H,2-16H2,1H3. The molecule has 0 aromatic rings. The van der Waals surface area contributed by atoms with Crippen LogP contribution in [0.25, 0.3) is 0 Å². The molecule has 1 N–H and O–H groups in total. The molecule has 0 radical (unpaired) electrons.